The van der Waals surface area contributed by atoms with Crippen molar-refractivity contribution < 1.29 is 31.9 Å². The number of rotatable bonds is 5. The summed E-state index contributed by atoms with van der Waals surface area (Å²) in [6, 6.07) is 11.8. The summed E-state index contributed by atoms with van der Waals surface area (Å²) in [5.74, 6) is -3.03. The van der Waals surface area contributed by atoms with Crippen molar-refractivity contribution in [2.45, 2.75) is 32.0 Å². The van der Waals surface area contributed by atoms with Crippen LogP contribution in [0.15, 0.2) is 54.6 Å². The third kappa shape index (κ3) is 4.99. The number of benzene rings is 2. The Morgan fingerprint density at radius 1 is 1.03 bits per heavy atom. The first-order valence-corrected chi connectivity index (χ1v) is 10.4. The van der Waals surface area contributed by atoms with Crippen molar-refractivity contribution in [3.8, 4) is 5.69 Å². The van der Waals surface area contributed by atoms with Gasteiger partial charge in [-0.25, -0.2) is 18.7 Å². The molecule has 0 aliphatic carbocycles. The number of imidazole rings is 1. The standard InChI is InChI=1S/C24H19F5N4O2/c1-13-8-18-21(32-20(13)24(27,28)29)33(17-10-15(25)9-16(26)11-17)22(30-18)31-19(34)12-23(2,35)14-6-4-3-5-7-14/h3-11,35H,12H2,1-2H3,(H,30,31,34). The molecular weight excluding hydrogens is 471 g/mol. The van der Waals surface area contributed by atoms with Crippen molar-refractivity contribution >= 4 is 23.0 Å². The number of anilines is 1. The smallest absolute Gasteiger partial charge is 0.385 e. The van der Waals surface area contributed by atoms with E-state index in [0.717, 1.165) is 22.8 Å². The second kappa shape index (κ2) is 8.73. The van der Waals surface area contributed by atoms with E-state index in [-0.39, 0.29) is 28.4 Å². The molecule has 0 radical (unpaired) electrons. The molecule has 1 amide bonds. The average Bonchev–Trinajstić information content (AvgIpc) is 3.08. The number of aromatic nitrogens is 3. The predicted octanol–water partition coefficient (Wildman–Crippen LogP) is 5.26. The molecule has 0 saturated heterocycles. The number of hydrogen-bond donors (Lipinski definition) is 2. The Kier molecular flexibility index (Phi) is 6.05. The number of halogens is 5. The van der Waals surface area contributed by atoms with Crippen LogP contribution >= 0.6 is 0 Å². The minimum atomic E-state index is -4.79. The lowest BCUT2D eigenvalue weighted by Crippen LogP contribution is -2.29. The Hall–Kier alpha value is -3.86. The number of nitrogens with one attached hydrogen (secondary N) is 1. The van der Waals surface area contributed by atoms with Gasteiger partial charge in [0, 0.05) is 6.07 Å². The van der Waals surface area contributed by atoms with Gasteiger partial charge in [0.2, 0.25) is 11.9 Å². The van der Waals surface area contributed by atoms with Crippen molar-refractivity contribution in [2.75, 3.05) is 5.32 Å². The summed E-state index contributed by atoms with van der Waals surface area (Å²) in [4.78, 5) is 20.6. The summed E-state index contributed by atoms with van der Waals surface area (Å²) in [6.45, 7) is 2.62. The van der Waals surface area contributed by atoms with Crippen LogP contribution in [0.25, 0.3) is 16.9 Å². The van der Waals surface area contributed by atoms with E-state index in [2.05, 4.69) is 15.3 Å². The molecule has 4 aromatic rings. The molecule has 2 N–H and O–H groups in total. The Morgan fingerprint density at radius 2 is 1.66 bits per heavy atom. The van der Waals surface area contributed by atoms with Crippen LogP contribution in [0.5, 0.6) is 0 Å². The Bertz CT molecular complexity index is 1390. The first-order valence-electron chi connectivity index (χ1n) is 10.4. The molecular formula is C24H19F5N4O2. The second-order valence-electron chi connectivity index (χ2n) is 8.26. The van der Waals surface area contributed by atoms with Gasteiger partial charge in [-0.2, -0.15) is 13.2 Å². The van der Waals surface area contributed by atoms with Crippen molar-refractivity contribution in [3.05, 3.63) is 83.1 Å². The molecule has 0 fully saturated rings. The zero-order chi connectivity index (χ0) is 25.5. The molecule has 0 spiro atoms. The number of nitrogens with zero attached hydrogens (tertiary/aromatic N) is 3. The number of carbonyl (C=O) groups is 1. The van der Waals surface area contributed by atoms with E-state index in [1.165, 1.54) is 13.8 Å². The Labute approximate surface area is 196 Å². The molecule has 0 saturated carbocycles. The molecule has 182 valence electrons. The molecule has 0 bridgehead atoms. The van der Waals surface area contributed by atoms with Crippen molar-refractivity contribution in [3.63, 3.8) is 0 Å². The second-order valence-corrected chi connectivity index (χ2v) is 8.26. The fourth-order valence-electron chi connectivity index (χ4n) is 3.77. The van der Waals surface area contributed by atoms with Crippen LogP contribution in [0, 0.1) is 18.6 Å². The predicted molar refractivity (Wildman–Crippen MR) is 118 cm³/mol. The maximum Gasteiger partial charge on any atom is 0.433 e. The third-order valence-electron chi connectivity index (χ3n) is 5.35. The number of carbonyl (C=O) groups excluding carboxylic acids is 1. The Morgan fingerprint density at radius 3 is 2.26 bits per heavy atom. The van der Waals surface area contributed by atoms with Gasteiger partial charge < -0.3 is 5.11 Å². The minimum Gasteiger partial charge on any atom is -0.385 e. The normalized spacial score (nSPS) is 13.6. The lowest BCUT2D eigenvalue weighted by molar-refractivity contribution is -0.141. The molecule has 35 heavy (non-hydrogen) atoms. The van der Waals surface area contributed by atoms with E-state index < -0.39 is 41.4 Å². The van der Waals surface area contributed by atoms with Gasteiger partial charge in [0.1, 0.15) is 22.8 Å². The molecule has 2 heterocycles. The highest BCUT2D eigenvalue weighted by molar-refractivity contribution is 5.92. The number of alkyl halides is 3. The third-order valence-corrected chi connectivity index (χ3v) is 5.35. The van der Waals surface area contributed by atoms with E-state index in [1.807, 2.05) is 0 Å². The fraction of sp³-hybridized carbons (Fsp3) is 0.208. The molecule has 1 unspecified atom stereocenters. The number of hydrogen-bond acceptors (Lipinski definition) is 4. The summed E-state index contributed by atoms with van der Waals surface area (Å²) in [5, 5.41) is 13.2. The molecule has 2 aromatic heterocycles. The summed E-state index contributed by atoms with van der Waals surface area (Å²) in [6.07, 6.45) is -5.23. The largest absolute Gasteiger partial charge is 0.433 e. The maximum atomic E-state index is 14.0. The average molecular weight is 490 g/mol. The molecule has 2 aromatic carbocycles. The molecule has 0 aliphatic heterocycles. The number of aryl methyl sites for hydroxylation is 1. The molecule has 1 atom stereocenters. The van der Waals surface area contributed by atoms with Gasteiger partial charge in [0.15, 0.2) is 5.65 Å². The van der Waals surface area contributed by atoms with Gasteiger partial charge in [-0.15, -0.1) is 0 Å². The van der Waals surface area contributed by atoms with Crippen molar-refractivity contribution in [2.24, 2.45) is 0 Å². The summed E-state index contributed by atoms with van der Waals surface area (Å²) >= 11 is 0. The molecule has 0 aliphatic rings. The zero-order valence-electron chi connectivity index (χ0n) is 18.5. The summed E-state index contributed by atoms with van der Waals surface area (Å²) in [7, 11) is 0. The molecule has 4 rings (SSSR count). The highest BCUT2D eigenvalue weighted by Gasteiger charge is 2.36. The van der Waals surface area contributed by atoms with E-state index >= 15 is 0 Å². The van der Waals surface area contributed by atoms with E-state index in [4.69, 9.17) is 0 Å². The van der Waals surface area contributed by atoms with Gasteiger partial charge in [0.25, 0.3) is 0 Å². The number of fused-ring (bicyclic) bond motifs is 1. The summed E-state index contributed by atoms with van der Waals surface area (Å²) < 4.78 is 69.3. The number of aliphatic hydroxyl groups is 1. The molecule has 11 heteroatoms. The SMILES string of the molecule is Cc1cc2nc(NC(=O)CC(C)(O)c3ccccc3)n(-c3cc(F)cc(F)c3)c2nc1C(F)(F)F. The maximum absolute atomic E-state index is 14.0. The van der Waals surface area contributed by atoms with Crippen LogP contribution in [0.4, 0.5) is 27.9 Å². The van der Waals surface area contributed by atoms with Gasteiger partial charge in [-0.05, 0) is 43.2 Å². The van der Waals surface area contributed by atoms with Crippen LogP contribution < -0.4 is 5.32 Å². The lowest BCUT2D eigenvalue weighted by Gasteiger charge is -2.23. The van der Waals surface area contributed by atoms with E-state index in [9.17, 15) is 31.9 Å². The van der Waals surface area contributed by atoms with E-state index in [0.29, 0.717) is 11.6 Å². The molecule has 6 nitrogen and oxygen atoms in total. The van der Waals surface area contributed by atoms with Gasteiger partial charge >= 0.3 is 6.18 Å². The highest BCUT2D eigenvalue weighted by Crippen LogP contribution is 2.34. The monoisotopic (exact) mass is 490 g/mol. The Balaban J connectivity index is 1.81. The van der Waals surface area contributed by atoms with Crippen LogP contribution in [-0.4, -0.2) is 25.5 Å². The first kappa shape index (κ1) is 24.3. The zero-order valence-corrected chi connectivity index (χ0v) is 18.5. The lowest BCUT2D eigenvalue weighted by atomic mass is 9.92. The fourth-order valence-corrected chi connectivity index (χ4v) is 3.77. The van der Waals surface area contributed by atoms with Crippen LogP contribution in [0.3, 0.4) is 0 Å². The topological polar surface area (TPSA) is 80.0 Å². The number of amides is 1. The van der Waals surface area contributed by atoms with Crippen LogP contribution in [0.1, 0.15) is 30.2 Å². The summed E-state index contributed by atoms with van der Waals surface area (Å²) in [5.41, 5.74) is -3.17. The van der Waals surface area contributed by atoms with Crippen LogP contribution in [0.2, 0.25) is 0 Å². The van der Waals surface area contributed by atoms with E-state index in [1.54, 1.807) is 30.3 Å². The minimum absolute atomic E-state index is 0.0368. The number of pyridine rings is 1. The quantitative estimate of drug-likeness (QED) is 0.374. The van der Waals surface area contributed by atoms with Gasteiger partial charge in [-0.1, -0.05) is 30.3 Å². The van der Waals surface area contributed by atoms with Gasteiger partial charge in [0.05, 0.1) is 17.7 Å². The van der Waals surface area contributed by atoms with Crippen LogP contribution in [-0.2, 0) is 16.6 Å². The van der Waals surface area contributed by atoms with Crippen molar-refractivity contribution in [1.29, 1.82) is 0 Å². The van der Waals surface area contributed by atoms with Crippen molar-refractivity contribution in [1.82, 2.24) is 14.5 Å². The van der Waals surface area contributed by atoms with Gasteiger partial charge in [-0.3, -0.25) is 14.7 Å². The highest BCUT2D eigenvalue weighted by atomic mass is 19.4. The first-order chi connectivity index (χ1) is 16.3.